The molecule has 236 valence electrons. The number of carbonyl (C=O) groups is 1. The Bertz CT molecular complexity index is 1890. The molecule has 1 amide bonds. The number of aliphatic hydroxyl groups is 2. The third-order valence-electron chi connectivity index (χ3n) is 7.64. The number of rotatable bonds is 10. The van der Waals surface area contributed by atoms with Crippen molar-refractivity contribution in [3.05, 3.63) is 112 Å². The standard InChI is InChI=1S/C32H30F2N7O4S/c1-20(30-38-28(16-46-30)23-8-6-22(14-35)7-9-23)32(44,26-13-25(33)10-11-27(26)34)17-41-19-40(18-37-41)21(2)45-31(43)39(3)29-24(15-42)5-4-12-36-29/h4-13,16,18-21,42,44H,15,17H2,1-3H3/q+1/t20-,21?,32-/m0/s1. The quantitative estimate of drug-likeness (QED) is 0.206. The van der Waals surface area contributed by atoms with Crippen LogP contribution in [0.25, 0.3) is 11.3 Å². The third-order valence-corrected chi connectivity index (χ3v) is 8.66. The maximum absolute atomic E-state index is 15.2. The van der Waals surface area contributed by atoms with Gasteiger partial charge in [-0.3, -0.25) is 4.90 Å². The van der Waals surface area contributed by atoms with Gasteiger partial charge in [-0.15, -0.1) is 16.0 Å². The van der Waals surface area contributed by atoms with Crippen LogP contribution >= 0.6 is 11.3 Å². The molecule has 0 saturated carbocycles. The normalized spacial score (nSPS) is 13.8. The first-order valence-electron chi connectivity index (χ1n) is 14.1. The molecule has 0 aliphatic carbocycles. The van der Waals surface area contributed by atoms with Crippen LogP contribution in [0.15, 0.2) is 78.8 Å². The molecule has 0 aliphatic rings. The van der Waals surface area contributed by atoms with Gasteiger partial charge in [0.1, 0.15) is 29.6 Å². The van der Waals surface area contributed by atoms with Gasteiger partial charge in [0.2, 0.25) is 12.6 Å². The highest BCUT2D eigenvalue weighted by Crippen LogP contribution is 2.41. The summed E-state index contributed by atoms with van der Waals surface area (Å²) in [6, 6.07) is 15.1. The number of carbonyl (C=O) groups excluding carboxylic acids is 1. The molecule has 5 rings (SSSR count). The van der Waals surface area contributed by atoms with Gasteiger partial charge in [-0.05, 0) is 36.4 Å². The van der Waals surface area contributed by atoms with E-state index in [0.717, 1.165) is 23.8 Å². The van der Waals surface area contributed by atoms with Crippen molar-refractivity contribution >= 4 is 23.2 Å². The highest BCUT2D eigenvalue weighted by atomic mass is 32.1. The molecule has 5 aromatic rings. The van der Waals surface area contributed by atoms with Crippen LogP contribution in [0.1, 0.15) is 47.7 Å². The molecule has 11 nitrogen and oxygen atoms in total. The molecule has 1 unspecified atom stereocenters. The van der Waals surface area contributed by atoms with E-state index in [9.17, 15) is 19.4 Å². The third kappa shape index (κ3) is 6.62. The maximum atomic E-state index is 15.2. The second-order valence-corrected chi connectivity index (χ2v) is 11.5. The lowest BCUT2D eigenvalue weighted by Gasteiger charge is -2.32. The fraction of sp³-hybridized carbons (Fsp3) is 0.250. The number of anilines is 1. The van der Waals surface area contributed by atoms with Gasteiger partial charge in [-0.2, -0.15) is 9.83 Å². The fourth-order valence-corrected chi connectivity index (χ4v) is 5.88. The van der Waals surface area contributed by atoms with E-state index in [2.05, 4.69) is 21.1 Å². The predicted octanol–water partition coefficient (Wildman–Crippen LogP) is 4.81. The van der Waals surface area contributed by atoms with Gasteiger partial charge in [0.15, 0.2) is 0 Å². The van der Waals surface area contributed by atoms with Crippen LogP contribution in [-0.4, -0.2) is 43.1 Å². The van der Waals surface area contributed by atoms with Gasteiger partial charge in [-0.25, -0.2) is 23.5 Å². The van der Waals surface area contributed by atoms with Crippen molar-refractivity contribution in [2.75, 3.05) is 11.9 Å². The zero-order valence-electron chi connectivity index (χ0n) is 25.1. The number of nitriles is 1. The summed E-state index contributed by atoms with van der Waals surface area (Å²) < 4.78 is 38.0. The molecule has 0 radical (unpaired) electrons. The van der Waals surface area contributed by atoms with Crippen molar-refractivity contribution in [3.63, 3.8) is 0 Å². The van der Waals surface area contributed by atoms with E-state index in [1.807, 2.05) is 0 Å². The number of halogens is 2. The summed E-state index contributed by atoms with van der Waals surface area (Å²) in [5, 5.41) is 37.4. The number of hydrogen-bond donors (Lipinski definition) is 2. The Morgan fingerprint density at radius 1 is 1.22 bits per heavy atom. The first-order valence-corrected chi connectivity index (χ1v) is 15.0. The Kier molecular flexibility index (Phi) is 9.47. The molecule has 0 bridgehead atoms. The van der Waals surface area contributed by atoms with Gasteiger partial charge in [0.25, 0.3) is 6.33 Å². The summed E-state index contributed by atoms with van der Waals surface area (Å²) in [5.74, 6) is -2.12. The number of thiazole rings is 1. The lowest BCUT2D eigenvalue weighted by molar-refractivity contribution is -0.753. The molecule has 0 aliphatic heterocycles. The Labute approximate surface area is 267 Å². The molecular weight excluding hydrogens is 616 g/mol. The van der Waals surface area contributed by atoms with E-state index >= 15 is 4.39 Å². The minimum atomic E-state index is -2.02. The highest BCUT2D eigenvalue weighted by molar-refractivity contribution is 7.10. The van der Waals surface area contributed by atoms with Crippen molar-refractivity contribution < 1.29 is 33.1 Å². The number of ether oxygens (including phenoxy) is 1. The summed E-state index contributed by atoms with van der Waals surface area (Å²) in [6.07, 6.45) is 2.72. The molecule has 2 aromatic carbocycles. The van der Waals surface area contributed by atoms with Gasteiger partial charge in [-0.1, -0.05) is 25.1 Å². The second-order valence-electron chi connectivity index (χ2n) is 10.6. The molecule has 0 spiro atoms. The van der Waals surface area contributed by atoms with E-state index in [1.54, 1.807) is 55.6 Å². The minimum absolute atomic E-state index is 0.239. The zero-order chi connectivity index (χ0) is 33.0. The number of benzene rings is 2. The van der Waals surface area contributed by atoms with Crippen molar-refractivity contribution in [1.29, 1.82) is 5.26 Å². The first kappa shape index (κ1) is 32.3. The first-order chi connectivity index (χ1) is 22.0. The van der Waals surface area contributed by atoms with Crippen molar-refractivity contribution in [1.82, 2.24) is 19.7 Å². The average molecular weight is 647 g/mol. The molecule has 3 atom stereocenters. The number of pyridine rings is 1. The molecule has 3 heterocycles. The Morgan fingerprint density at radius 2 is 1.98 bits per heavy atom. The topological polar surface area (TPSA) is 141 Å². The van der Waals surface area contributed by atoms with Gasteiger partial charge >= 0.3 is 6.09 Å². The maximum Gasteiger partial charge on any atom is 0.418 e. The summed E-state index contributed by atoms with van der Waals surface area (Å²) in [4.78, 5) is 22.9. The number of aliphatic hydroxyl groups excluding tert-OH is 1. The van der Waals surface area contributed by atoms with Gasteiger partial charge in [0.05, 0.1) is 28.9 Å². The molecular formula is C32H30F2N7O4S+. The minimum Gasteiger partial charge on any atom is -0.412 e. The summed E-state index contributed by atoms with van der Waals surface area (Å²) in [6.45, 7) is 2.65. The van der Waals surface area contributed by atoms with Crippen molar-refractivity contribution in [2.24, 2.45) is 0 Å². The van der Waals surface area contributed by atoms with Crippen LogP contribution in [-0.2, 0) is 23.5 Å². The SMILES string of the molecule is CC(OC(=O)N(C)c1ncccc1CO)[n+]1cnn(C[C@@](O)(c2cc(F)ccc2F)[C@@H](C)c2nc(-c3ccc(C#N)cc3)cs2)c1. The molecule has 0 saturated heterocycles. The van der Waals surface area contributed by atoms with Crippen LogP contribution in [0.3, 0.4) is 0 Å². The summed E-state index contributed by atoms with van der Waals surface area (Å²) in [7, 11) is 1.46. The highest BCUT2D eigenvalue weighted by Gasteiger charge is 2.43. The van der Waals surface area contributed by atoms with Crippen LogP contribution in [0.5, 0.6) is 0 Å². The van der Waals surface area contributed by atoms with Crippen LogP contribution < -0.4 is 9.47 Å². The Hall–Kier alpha value is -5.10. The molecule has 2 N–H and O–H groups in total. The van der Waals surface area contributed by atoms with Gasteiger partial charge in [0, 0.05) is 53.3 Å². The zero-order valence-corrected chi connectivity index (χ0v) is 25.9. The number of aromatic nitrogens is 5. The van der Waals surface area contributed by atoms with Gasteiger partial charge < -0.3 is 14.9 Å². The lowest BCUT2D eigenvalue weighted by atomic mass is 9.82. The number of nitrogens with zero attached hydrogens (tertiary/aromatic N) is 7. The van der Waals surface area contributed by atoms with Crippen molar-refractivity contribution in [3.8, 4) is 17.3 Å². The summed E-state index contributed by atoms with van der Waals surface area (Å²) >= 11 is 1.25. The van der Waals surface area contributed by atoms with E-state index in [4.69, 9.17) is 10.00 Å². The van der Waals surface area contributed by atoms with E-state index < -0.39 is 35.5 Å². The molecule has 46 heavy (non-hydrogen) atoms. The largest absolute Gasteiger partial charge is 0.418 e. The van der Waals surface area contributed by atoms with Crippen LogP contribution in [0.4, 0.5) is 19.4 Å². The van der Waals surface area contributed by atoms with E-state index in [1.165, 1.54) is 51.4 Å². The Balaban J connectivity index is 1.40. The lowest BCUT2D eigenvalue weighted by Crippen LogP contribution is -2.42. The average Bonchev–Trinajstić information content (AvgIpc) is 3.75. The molecule has 0 fully saturated rings. The predicted molar refractivity (Wildman–Crippen MR) is 163 cm³/mol. The van der Waals surface area contributed by atoms with E-state index in [0.29, 0.717) is 21.8 Å². The molecule has 14 heteroatoms. The Morgan fingerprint density at radius 3 is 2.70 bits per heavy atom. The van der Waals surface area contributed by atoms with Crippen LogP contribution in [0.2, 0.25) is 0 Å². The number of amides is 1. The fourth-order valence-electron chi connectivity index (χ4n) is 4.91. The smallest absolute Gasteiger partial charge is 0.412 e. The summed E-state index contributed by atoms with van der Waals surface area (Å²) in [5.41, 5.74) is 0.0148. The van der Waals surface area contributed by atoms with Crippen molar-refractivity contribution in [2.45, 2.75) is 44.7 Å². The monoisotopic (exact) mass is 646 g/mol. The number of hydrogen-bond acceptors (Lipinski definition) is 9. The molecule has 3 aromatic heterocycles. The van der Waals surface area contributed by atoms with E-state index in [-0.39, 0.29) is 24.5 Å². The second kappa shape index (κ2) is 13.5. The van der Waals surface area contributed by atoms with Crippen LogP contribution in [0, 0.1) is 23.0 Å².